The molecule has 28 heavy (non-hydrogen) atoms. The standard InChI is InChI=1S/C24H26O4/c1-13(2)23(25)27-21-18-9-7-8-16(6)20(18)22(28-24(26)14(3)4)17-11-10-15(5)12-19(17)21/h10-12,16H,1,3,7-9H2,2,4-6H3. The van der Waals surface area contributed by atoms with E-state index < -0.39 is 11.9 Å². The number of fused-ring (bicyclic) bond motifs is 2. The van der Waals surface area contributed by atoms with Crippen molar-refractivity contribution in [3.63, 3.8) is 0 Å². The molecule has 4 nitrogen and oxygen atoms in total. The SMILES string of the molecule is C=C(C)C(=O)Oc1c2c(c(OC(=O)C(=C)C)c3ccc(C)cc13)C(C)CCC2. The average Bonchev–Trinajstić information content (AvgIpc) is 2.63. The second kappa shape index (κ2) is 7.63. The number of carbonyl (C=O) groups is 2. The summed E-state index contributed by atoms with van der Waals surface area (Å²) in [5, 5.41) is 1.53. The van der Waals surface area contributed by atoms with Crippen LogP contribution in [0.15, 0.2) is 42.5 Å². The van der Waals surface area contributed by atoms with E-state index in [0.717, 1.165) is 46.7 Å². The van der Waals surface area contributed by atoms with Crippen LogP contribution in [0.1, 0.15) is 56.2 Å². The summed E-state index contributed by atoms with van der Waals surface area (Å²) < 4.78 is 11.6. The van der Waals surface area contributed by atoms with E-state index in [9.17, 15) is 9.59 Å². The molecular weight excluding hydrogens is 352 g/mol. The monoisotopic (exact) mass is 378 g/mol. The Morgan fingerprint density at radius 1 is 1.00 bits per heavy atom. The van der Waals surface area contributed by atoms with E-state index in [2.05, 4.69) is 20.1 Å². The van der Waals surface area contributed by atoms with Crippen molar-refractivity contribution in [3.8, 4) is 11.5 Å². The third-order valence-electron chi connectivity index (χ3n) is 5.15. The Labute approximate surface area is 165 Å². The minimum Gasteiger partial charge on any atom is -0.422 e. The third-order valence-corrected chi connectivity index (χ3v) is 5.15. The van der Waals surface area contributed by atoms with E-state index in [1.165, 1.54) is 0 Å². The fraction of sp³-hybridized carbons (Fsp3) is 0.333. The number of hydrogen-bond donors (Lipinski definition) is 0. The van der Waals surface area contributed by atoms with Crippen LogP contribution in [-0.2, 0) is 16.0 Å². The summed E-state index contributed by atoms with van der Waals surface area (Å²) in [4.78, 5) is 24.7. The first-order chi connectivity index (χ1) is 13.2. The van der Waals surface area contributed by atoms with Gasteiger partial charge < -0.3 is 9.47 Å². The van der Waals surface area contributed by atoms with Crippen molar-refractivity contribution in [1.29, 1.82) is 0 Å². The lowest BCUT2D eigenvalue weighted by Gasteiger charge is -2.28. The summed E-state index contributed by atoms with van der Waals surface area (Å²) in [6.45, 7) is 14.8. The van der Waals surface area contributed by atoms with Crippen LogP contribution in [0.2, 0.25) is 0 Å². The highest BCUT2D eigenvalue weighted by atomic mass is 16.5. The van der Waals surface area contributed by atoms with Gasteiger partial charge in [0.1, 0.15) is 11.5 Å². The molecule has 1 aliphatic rings. The van der Waals surface area contributed by atoms with Gasteiger partial charge in [-0.2, -0.15) is 0 Å². The molecule has 2 aromatic rings. The van der Waals surface area contributed by atoms with Gasteiger partial charge in [-0.25, -0.2) is 9.59 Å². The minimum absolute atomic E-state index is 0.185. The van der Waals surface area contributed by atoms with Gasteiger partial charge in [-0.1, -0.05) is 37.8 Å². The summed E-state index contributed by atoms with van der Waals surface area (Å²) in [5.74, 6) is 0.400. The first-order valence-corrected chi connectivity index (χ1v) is 9.55. The summed E-state index contributed by atoms with van der Waals surface area (Å²) in [7, 11) is 0. The first kappa shape index (κ1) is 19.9. The quantitative estimate of drug-likeness (QED) is 0.397. The molecule has 0 N–H and O–H groups in total. The number of benzene rings is 2. The van der Waals surface area contributed by atoms with Crippen LogP contribution >= 0.6 is 0 Å². The molecule has 0 fully saturated rings. The normalized spacial score (nSPS) is 15.6. The van der Waals surface area contributed by atoms with Crippen LogP contribution < -0.4 is 9.47 Å². The maximum absolute atomic E-state index is 12.3. The van der Waals surface area contributed by atoms with Crippen LogP contribution in [0.5, 0.6) is 11.5 Å². The molecule has 0 saturated heterocycles. The Hall–Kier alpha value is -2.88. The molecule has 0 spiro atoms. The summed E-state index contributed by atoms with van der Waals surface area (Å²) >= 11 is 0. The molecule has 1 unspecified atom stereocenters. The number of rotatable bonds is 4. The van der Waals surface area contributed by atoms with Gasteiger partial charge in [-0.15, -0.1) is 0 Å². The van der Waals surface area contributed by atoms with Gasteiger partial charge in [0.05, 0.1) is 0 Å². The molecule has 0 saturated carbocycles. The molecule has 2 aromatic carbocycles. The fourth-order valence-electron chi connectivity index (χ4n) is 3.70. The van der Waals surface area contributed by atoms with Crippen molar-refractivity contribution in [2.45, 2.75) is 52.9 Å². The molecule has 0 amide bonds. The molecular formula is C24H26O4. The van der Waals surface area contributed by atoms with Crippen molar-refractivity contribution in [2.75, 3.05) is 0 Å². The van der Waals surface area contributed by atoms with Crippen molar-refractivity contribution >= 4 is 22.7 Å². The Balaban J connectivity index is 2.35. The molecule has 0 bridgehead atoms. The largest absolute Gasteiger partial charge is 0.422 e. The number of aryl methyl sites for hydroxylation is 1. The molecule has 0 heterocycles. The minimum atomic E-state index is -0.450. The molecule has 3 rings (SSSR count). The molecule has 146 valence electrons. The van der Waals surface area contributed by atoms with Gasteiger partial charge in [0.2, 0.25) is 0 Å². The van der Waals surface area contributed by atoms with E-state index in [1.54, 1.807) is 13.8 Å². The van der Waals surface area contributed by atoms with E-state index in [1.807, 2.05) is 25.1 Å². The molecule has 0 aromatic heterocycles. The van der Waals surface area contributed by atoms with E-state index in [4.69, 9.17) is 9.47 Å². The van der Waals surface area contributed by atoms with Gasteiger partial charge in [-0.3, -0.25) is 0 Å². The molecule has 4 heteroatoms. The number of hydrogen-bond acceptors (Lipinski definition) is 4. The topological polar surface area (TPSA) is 52.6 Å². The Bertz CT molecular complexity index is 1010. The van der Waals surface area contributed by atoms with Crippen molar-refractivity contribution in [3.05, 3.63) is 59.2 Å². The Morgan fingerprint density at radius 2 is 1.61 bits per heavy atom. The van der Waals surface area contributed by atoms with Crippen LogP contribution in [-0.4, -0.2) is 11.9 Å². The van der Waals surface area contributed by atoms with Gasteiger partial charge in [-0.05, 0) is 52.0 Å². The Kier molecular flexibility index (Phi) is 5.41. The van der Waals surface area contributed by atoms with Gasteiger partial charge in [0, 0.05) is 33.0 Å². The second-order valence-electron chi connectivity index (χ2n) is 7.73. The Morgan fingerprint density at radius 3 is 2.21 bits per heavy atom. The zero-order chi connectivity index (χ0) is 20.6. The molecule has 0 aliphatic heterocycles. The summed E-state index contributed by atoms with van der Waals surface area (Å²) in [6, 6.07) is 5.85. The van der Waals surface area contributed by atoms with Crippen LogP contribution in [0.3, 0.4) is 0 Å². The lowest BCUT2D eigenvalue weighted by molar-refractivity contribution is -0.131. The first-order valence-electron chi connectivity index (χ1n) is 9.55. The highest BCUT2D eigenvalue weighted by molar-refractivity contribution is 6.01. The smallest absolute Gasteiger partial charge is 0.338 e. The van der Waals surface area contributed by atoms with Gasteiger partial charge >= 0.3 is 11.9 Å². The van der Waals surface area contributed by atoms with Crippen molar-refractivity contribution in [2.24, 2.45) is 0 Å². The van der Waals surface area contributed by atoms with Crippen molar-refractivity contribution < 1.29 is 19.1 Å². The van der Waals surface area contributed by atoms with E-state index >= 15 is 0 Å². The fourth-order valence-corrected chi connectivity index (χ4v) is 3.70. The zero-order valence-electron chi connectivity index (χ0n) is 17.0. The maximum Gasteiger partial charge on any atom is 0.338 e. The number of ether oxygens (including phenoxy) is 2. The highest BCUT2D eigenvalue weighted by Gasteiger charge is 2.30. The van der Waals surface area contributed by atoms with Crippen molar-refractivity contribution in [1.82, 2.24) is 0 Å². The third kappa shape index (κ3) is 3.59. The summed E-state index contributed by atoms with van der Waals surface area (Å²) in [5.41, 5.74) is 3.60. The summed E-state index contributed by atoms with van der Waals surface area (Å²) in [6.07, 6.45) is 2.73. The molecule has 0 radical (unpaired) electrons. The second-order valence-corrected chi connectivity index (χ2v) is 7.73. The van der Waals surface area contributed by atoms with Crippen LogP contribution in [0.25, 0.3) is 10.8 Å². The predicted octanol–water partition coefficient (Wildman–Crippen LogP) is 5.55. The predicted molar refractivity (Wildman–Crippen MR) is 111 cm³/mol. The number of esters is 2. The zero-order valence-corrected chi connectivity index (χ0v) is 17.0. The average molecular weight is 378 g/mol. The van der Waals surface area contributed by atoms with Gasteiger partial charge in [0.25, 0.3) is 0 Å². The molecule has 1 atom stereocenters. The molecule has 1 aliphatic carbocycles. The van der Waals surface area contributed by atoms with E-state index in [-0.39, 0.29) is 5.92 Å². The highest BCUT2D eigenvalue weighted by Crippen LogP contribution is 2.48. The van der Waals surface area contributed by atoms with E-state index in [0.29, 0.717) is 22.6 Å². The lowest BCUT2D eigenvalue weighted by atomic mass is 9.80. The maximum atomic E-state index is 12.3. The van der Waals surface area contributed by atoms with Crippen LogP contribution in [0, 0.1) is 6.92 Å². The van der Waals surface area contributed by atoms with Gasteiger partial charge in [0.15, 0.2) is 0 Å². The lowest BCUT2D eigenvalue weighted by Crippen LogP contribution is -2.18. The number of carbonyl (C=O) groups excluding carboxylic acids is 2. The van der Waals surface area contributed by atoms with Crippen LogP contribution in [0.4, 0.5) is 0 Å².